The van der Waals surface area contributed by atoms with Gasteiger partial charge in [-0.15, -0.1) is 0 Å². The average molecular weight is 346 g/mol. The zero-order valence-electron chi connectivity index (χ0n) is 14.5. The maximum Gasteiger partial charge on any atom is 0.245 e. The van der Waals surface area contributed by atoms with Crippen molar-refractivity contribution in [2.75, 3.05) is 24.6 Å². The molecule has 1 saturated heterocycles. The van der Waals surface area contributed by atoms with Gasteiger partial charge in [-0.25, -0.2) is 0 Å². The molecule has 24 heavy (non-hydrogen) atoms. The van der Waals surface area contributed by atoms with Crippen molar-refractivity contribution in [1.29, 1.82) is 0 Å². The molecule has 0 radical (unpaired) electrons. The van der Waals surface area contributed by atoms with Gasteiger partial charge >= 0.3 is 0 Å². The van der Waals surface area contributed by atoms with Crippen LogP contribution in [0, 0.1) is 5.92 Å². The van der Waals surface area contributed by atoms with E-state index in [0.717, 1.165) is 31.0 Å². The van der Waals surface area contributed by atoms with E-state index in [-0.39, 0.29) is 23.8 Å². The molecule has 2 amide bonds. The van der Waals surface area contributed by atoms with E-state index >= 15 is 0 Å². The van der Waals surface area contributed by atoms with E-state index in [1.165, 1.54) is 11.1 Å². The van der Waals surface area contributed by atoms with Crippen LogP contribution in [0.1, 0.15) is 31.4 Å². The van der Waals surface area contributed by atoms with Crippen molar-refractivity contribution in [2.45, 2.75) is 39.3 Å². The van der Waals surface area contributed by atoms with Gasteiger partial charge in [0.15, 0.2) is 0 Å². The van der Waals surface area contributed by atoms with E-state index in [1.807, 2.05) is 47.5 Å². The first-order chi connectivity index (χ1) is 11.6. The van der Waals surface area contributed by atoms with Crippen molar-refractivity contribution in [2.24, 2.45) is 5.92 Å². The van der Waals surface area contributed by atoms with E-state index in [4.69, 9.17) is 0 Å². The van der Waals surface area contributed by atoms with Crippen LogP contribution in [0.2, 0.25) is 0 Å². The summed E-state index contributed by atoms with van der Waals surface area (Å²) in [5, 5.41) is 0. The van der Waals surface area contributed by atoms with Crippen LogP contribution in [0.25, 0.3) is 0 Å². The van der Waals surface area contributed by atoms with Gasteiger partial charge in [-0.3, -0.25) is 9.59 Å². The minimum absolute atomic E-state index is 0.0394. The van der Waals surface area contributed by atoms with Crippen LogP contribution in [0.4, 0.5) is 0 Å². The van der Waals surface area contributed by atoms with E-state index in [9.17, 15) is 9.59 Å². The Hall–Kier alpha value is -1.49. The Labute approximate surface area is 148 Å². The van der Waals surface area contributed by atoms with Gasteiger partial charge in [-0.05, 0) is 17.5 Å². The average Bonchev–Trinajstić information content (AvgIpc) is 2.65. The summed E-state index contributed by atoms with van der Waals surface area (Å²) < 4.78 is 0. The number of amides is 2. The number of fused-ring (bicyclic) bond motifs is 1. The van der Waals surface area contributed by atoms with Gasteiger partial charge in [0.1, 0.15) is 6.04 Å². The Morgan fingerprint density at radius 1 is 1.21 bits per heavy atom. The lowest BCUT2D eigenvalue weighted by molar-refractivity contribution is -0.149. The monoisotopic (exact) mass is 346 g/mol. The molecule has 0 saturated carbocycles. The summed E-state index contributed by atoms with van der Waals surface area (Å²) in [6, 6.07) is 7.85. The predicted octanol–water partition coefficient (Wildman–Crippen LogP) is 2.56. The highest BCUT2D eigenvalue weighted by atomic mass is 32.2. The summed E-state index contributed by atoms with van der Waals surface area (Å²) in [4.78, 5) is 29.8. The number of thioether (sulfide) groups is 1. The van der Waals surface area contributed by atoms with Gasteiger partial charge in [0.25, 0.3) is 0 Å². The van der Waals surface area contributed by atoms with Crippen LogP contribution in [0.3, 0.4) is 0 Å². The number of carbonyl (C=O) groups excluding carboxylic acids is 2. The lowest BCUT2D eigenvalue weighted by Gasteiger charge is -2.40. The molecule has 1 aromatic rings. The molecule has 1 aromatic carbocycles. The Kier molecular flexibility index (Phi) is 5.49. The smallest absolute Gasteiger partial charge is 0.245 e. The van der Waals surface area contributed by atoms with Crippen LogP contribution in [-0.2, 0) is 22.6 Å². The third-order valence-corrected chi connectivity index (χ3v) is 6.12. The van der Waals surface area contributed by atoms with Crippen molar-refractivity contribution in [3.05, 3.63) is 35.4 Å². The van der Waals surface area contributed by atoms with Gasteiger partial charge in [0, 0.05) is 43.5 Å². The summed E-state index contributed by atoms with van der Waals surface area (Å²) in [6.45, 7) is 6.14. The molecular weight excluding hydrogens is 320 g/mol. The number of rotatable bonds is 3. The summed E-state index contributed by atoms with van der Waals surface area (Å²) in [5.41, 5.74) is 2.38. The number of hydrogen-bond donors (Lipinski definition) is 0. The largest absolute Gasteiger partial charge is 0.339 e. The fourth-order valence-electron chi connectivity index (χ4n) is 3.43. The first-order valence-electron chi connectivity index (χ1n) is 8.85. The number of nitrogens with zero attached hydrogens (tertiary/aromatic N) is 2. The molecule has 5 heteroatoms. The fourth-order valence-corrected chi connectivity index (χ4v) is 4.33. The molecule has 0 spiro atoms. The van der Waals surface area contributed by atoms with E-state index in [1.54, 1.807) is 0 Å². The topological polar surface area (TPSA) is 40.6 Å². The highest BCUT2D eigenvalue weighted by molar-refractivity contribution is 7.99. The molecular formula is C19H26N2O2S. The third-order valence-electron chi connectivity index (χ3n) is 5.17. The first kappa shape index (κ1) is 17.3. The van der Waals surface area contributed by atoms with Crippen LogP contribution in [-0.4, -0.2) is 52.3 Å². The van der Waals surface area contributed by atoms with Crippen molar-refractivity contribution in [3.63, 3.8) is 0 Å². The van der Waals surface area contributed by atoms with Crippen LogP contribution in [0.15, 0.2) is 24.3 Å². The molecule has 2 aliphatic rings. The minimum atomic E-state index is -0.343. The van der Waals surface area contributed by atoms with E-state index < -0.39 is 0 Å². The van der Waals surface area contributed by atoms with E-state index in [2.05, 4.69) is 12.1 Å². The van der Waals surface area contributed by atoms with Gasteiger partial charge in [0.05, 0.1) is 0 Å². The molecule has 0 N–H and O–H groups in total. The standard InChI is InChI=1S/C19H26N2O2S/c1-3-14(2)18(22)21-13-16-7-5-4-6-15(16)12-17(21)19(23)20-8-10-24-11-9-20/h4-7,14,17H,3,8-13H2,1-2H3/t14-,17+/m0/s1. The van der Waals surface area contributed by atoms with Crippen molar-refractivity contribution in [1.82, 2.24) is 9.80 Å². The highest BCUT2D eigenvalue weighted by Gasteiger charge is 2.38. The lowest BCUT2D eigenvalue weighted by Crippen LogP contribution is -2.55. The maximum atomic E-state index is 13.1. The second kappa shape index (κ2) is 7.60. The summed E-state index contributed by atoms with van der Waals surface area (Å²) >= 11 is 1.89. The fraction of sp³-hybridized carbons (Fsp3) is 0.579. The number of hydrogen-bond acceptors (Lipinski definition) is 3. The summed E-state index contributed by atoms with van der Waals surface area (Å²) in [5.74, 6) is 2.18. The van der Waals surface area contributed by atoms with Crippen molar-refractivity contribution in [3.8, 4) is 0 Å². The number of carbonyl (C=O) groups is 2. The van der Waals surface area contributed by atoms with Gasteiger partial charge in [0.2, 0.25) is 11.8 Å². The lowest BCUT2D eigenvalue weighted by atomic mass is 9.91. The molecule has 1 fully saturated rings. The Morgan fingerprint density at radius 3 is 2.54 bits per heavy atom. The third kappa shape index (κ3) is 3.46. The Bertz CT molecular complexity index is 613. The molecule has 0 aliphatic carbocycles. The van der Waals surface area contributed by atoms with Crippen LogP contribution < -0.4 is 0 Å². The molecule has 0 aromatic heterocycles. The van der Waals surface area contributed by atoms with Crippen molar-refractivity contribution >= 4 is 23.6 Å². The molecule has 130 valence electrons. The molecule has 2 aliphatic heterocycles. The SMILES string of the molecule is CC[C@H](C)C(=O)N1Cc2ccccc2C[C@@H]1C(=O)N1CCSCC1. The predicted molar refractivity (Wildman–Crippen MR) is 97.8 cm³/mol. The Morgan fingerprint density at radius 2 is 1.88 bits per heavy atom. The van der Waals surface area contributed by atoms with Crippen LogP contribution >= 0.6 is 11.8 Å². The van der Waals surface area contributed by atoms with Gasteiger partial charge < -0.3 is 9.80 Å². The molecule has 2 heterocycles. The van der Waals surface area contributed by atoms with E-state index in [0.29, 0.717) is 13.0 Å². The molecule has 0 unspecified atom stereocenters. The normalized spacial score (nSPS) is 22.0. The Balaban J connectivity index is 1.87. The molecule has 2 atom stereocenters. The van der Waals surface area contributed by atoms with Crippen LogP contribution in [0.5, 0.6) is 0 Å². The van der Waals surface area contributed by atoms with Crippen molar-refractivity contribution < 1.29 is 9.59 Å². The second-order valence-electron chi connectivity index (χ2n) is 6.70. The zero-order valence-corrected chi connectivity index (χ0v) is 15.3. The quantitative estimate of drug-likeness (QED) is 0.845. The molecule has 4 nitrogen and oxygen atoms in total. The summed E-state index contributed by atoms with van der Waals surface area (Å²) in [6.07, 6.45) is 1.44. The molecule has 3 rings (SSSR count). The zero-order chi connectivity index (χ0) is 17.1. The highest BCUT2D eigenvalue weighted by Crippen LogP contribution is 2.27. The van der Waals surface area contributed by atoms with Gasteiger partial charge in [-0.1, -0.05) is 38.1 Å². The molecule has 0 bridgehead atoms. The van der Waals surface area contributed by atoms with Gasteiger partial charge in [-0.2, -0.15) is 11.8 Å². The summed E-state index contributed by atoms with van der Waals surface area (Å²) in [7, 11) is 0. The second-order valence-corrected chi connectivity index (χ2v) is 7.93. The first-order valence-corrected chi connectivity index (χ1v) is 10.0. The minimum Gasteiger partial charge on any atom is -0.339 e. The maximum absolute atomic E-state index is 13.1. The number of benzene rings is 1.